The number of hydrogen-bond acceptors (Lipinski definition) is 3. The first-order valence-electron chi connectivity index (χ1n) is 7.41. The van der Waals surface area contributed by atoms with Crippen molar-refractivity contribution >= 4 is 6.03 Å². The summed E-state index contributed by atoms with van der Waals surface area (Å²) in [7, 11) is 0. The molecule has 20 heavy (non-hydrogen) atoms. The third-order valence-electron chi connectivity index (χ3n) is 4.46. The molecule has 2 aliphatic rings. The van der Waals surface area contributed by atoms with Crippen LogP contribution in [0.15, 0.2) is 6.07 Å². The number of rotatable bonds is 2. The molecule has 0 saturated carbocycles. The SMILES string of the molecule is Cc1cc(CNC(=O)N2CCC[C@]3(CCNC3)C2)n[nH]1. The Kier molecular flexibility index (Phi) is 3.65. The van der Waals surface area contributed by atoms with Gasteiger partial charge >= 0.3 is 6.03 Å². The van der Waals surface area contributed by atoms with Gasteiger partial charge in [0.15, 0.2) is 0 Å². The van der Waals surface area contributed by atoms with Gasteiger partial charge in [0.25, 0.3) is 0 Å². The number of amides is 2. The molecule has 6 nitrogen and oxygen atoms in total. The first-order chi connectivity index (χ1) is 9.67. The van der Waals surface area contributed by atoms with E-state index in [1.807, 2.05) is 17.9 Å². The van der Waals surface area contributed by atoms with Crippen molar-refractivity contribution in [3.63, 3.8) is 0 Å². The highest BCUT2D eigenvalue weighted by molar-refractivity contribution is 5.74. The van der Waals surface area contributed by atoms with E-state index in [-0.39, 0.29) is 6.03 Å². The van der Waals surface area contributed by atoms with Crippen molar-refractivity contribution in [3.05, 3.63) is 17.5 Å². The summed E-state index contributed by atoms with van der Waals surface area (Å²) in [5.41, 5.74) is 2.21. The minimum absolute atomic E-state index is 0.0385. The molecule has 0 aromatic carbocycles. The molecule has 1 aromatic rings. The molecule has 1 aromatic heterocycles. The molecule has 1 spiro atoms. The normalized spacial score (nSPS) is 26.1. The molecule has 3 N–H and O–H groups in total. The van der Waals surface area contributed by atoms with Gasteiger partial charge in [0.2, 0.25) is 0 Å². The van der Waals surface area contributed by atoms with Crippen LogP contribution in [0.4, 0.5) is 4.79 Å². The number of carbonyl (C=O) groups is 1. The van der Waals surface area contributed by atoms with Crippen LogP contribution in [0, 0.1) is 12.3 Å². The smallest absolute Gasteiger partial charge is 0.317 e. The molecule has 2 saturated heterocycles. The number of hydrogen-bond donors (Lipinski definition) is 3. The minimum atomic E-state index is 0.0385. The zero-order valence-electron chi connectivity index (χ0n) is 12.0. The van der Waals surface area contributed by atoms with Crippen LogP contribution in [0.5, 0.6) is 0 Å². The number of carbonyl (C=O) groups excluding carboxylic acids is 1. The van der Waals surface area contributed by atoms with Crippen LogP contribution in [0.25, 0.3) is 0 Å². The Hall–Kier alpha value is -1.56. The van der Waals surface area contributed by atoms with Gasteiger partial charge < -0.3 is 15.5 Å². The van der Waals surface area contributed by atoms with Gasteiger partial charge in [-0.2, -0.15) is 5.10 Å². The fraction of sp³-hybridized carbons (Fsp3) is 0.714. The Bertz CT molecular complexity index is 478. The number of aryl methyl sites for hydroxylation is 1. The highest BCUT2D eigenvalue weighted by Gasteiger charge is 2.39. The number of urea groups is 1. The lowest BCUT2D eigenvalue weighted by Gasteiger charge is -2.39. The molecule has 0 unspecified atom stereocenters. The summed E-state index contributed by atoms with van der Waals surface area (Å²) >= 11 is 0. The van der Waals surface area contributed by atoms with Crippen LogP contribution in [-0.2, 0) is 6.54 Å². The van der Waals surface area contributed by atoms with Gasteiger partial charge in [-0.15, -0.1) is 0 Å². The molecule has 110 valence electrons. The molecule has 2 fully saturated rings. The number of H-pyrrole nitrogens is 1. The summed E-state index contributed by atoms with van der Waals surface area (Å²) in [6.45, 7) is 6.33. The molecule has 1 atom stereocenters. The second-order valence-electron chi connectivity index (χ2n) is 6.15. The largest absolute Gasteiger partial charge is 0.332 e. The maximum absolute atomic E-state index is 12.3. The van der Waals surface area contributed by atoms with E-state index in [1.54, 1.807) is 0 Å². The predicted octanol–water partition coefficient (Wildman–Crippen LogP) is 1.00. The molecule has 2 aliphatic heterocycles. The minimum Gasteiger partial charge on any atom is -0.332 e. The maximum Gasteiger partial charge on any atom is 0.317 e. The quantitative estimate of drug-likeness (QED) is 0.755. The topological polar surface area (TPSA) is 73.1 Å². The Morgan fingerprint density at radius 2 is 2.45 bits per heavy atom. The van der Waals surface area contributed by atoms with Crippen molar-refractivity contribution in [1.29, 1.82) is 0 Å². The molecule has 2 amide bonds. The number of nitrogens with zero attached hydrogens (tertiary/aromatic N) is 2. The third kappa shape index (κ3) is 2.80. The lowest BCUT2D eigenvalue weighted by Crippen LogP contribution is -2.50. The Morgan fingerprint density at radius 3 is 3.15 bits per heavy atom. The molecule has 3 heterocycles. The number of likely N-dealkylation sites (tertiary alicyclic amines) is 1. The van der Waals surface area contributed by atoms with E-state index in [9.17, 15) is 4.79 Å². The standard InChI is InChI=1S/C14H23N5O/c1-11-7-12(18-17-11)8-16-13(20)19-6-2-3-14(10-19)4-5-15-9-14/h7,15H,2-6,8-10H2,1H3,(H,16,20)(H,17,18)/t14-/m1/s1. The van der Waals surface area contributed by atoms with Gasteiger partial charge in [-0.3, -0.25) is 5.10 Å². The van der Waals surface area contributed by atoms with E-state index in [0.29, 0.717) is 12.0 Å². The molecule has 3 rings (SSSR count). The maximum atomic E-state index is 12.3. The summed E-state index contributed by atoms with van der Waals surface area (Å²) in [4.78, 5) is 14.2. The van der Waals surface area contributed by atoms with Crippen LogP contribution < -0.4 is 10.6 Å². The molecule has 0 radical (unpaired) electrons. The van der Waals surface area contributed by atoms with Crippen LogP contribution in [0.3, 0.4) is 0 Å². The van der Waals surface area contributed by atoms with E-state index in [0.717, 1.165) is 44.0 Å². The summed E-state index contributed by atoms with van der Waals surface area (Å²) < 4.78 is 0. The van der Waals surface area contributed by atoms with Gasteiger partial charge in [0.05, 0.1) is 12.2 Å². The van der Waals surface area contributed by atoms with Crippen molar-refractivity contribution < 1.29 is 4.79 Å². The molecule has 0 aliphatic carbocycles. The Morgan fingerprint density at radius 1 is 1.55 bits per heavy atom. The monoisotopic (exact) mass is 277 g/mol. The van der Waals surface area contributed by atoms with Crippen molar-refractivity contribution in [2.75, 3.05) is 26.2 Å². The second-order valence-corrected chi connectivity index (χ2v) is 6.15. The number of nitrogens with one attached hydrogen (secondary N) is 3. The predicted molar refractivity (Wildman–Crippen MR) is 76.3 cm³/mol. The lowest BCUT2D eigenvalue weighted by atomic mass is 9.79. The second kappa shape index (κ2) is 5.44. The summed E-state index contributed by atoms with van der Waals surface area (Å²) in [6.07, 6.45) is 3.54. The first-order valence-corrected chi connectivity index (χ1v) is 7.41. The number of aromatic amines is 1. The van der Waals surface area contributed by atoms with Crippen molar-refractivity contribution in [2.24, 2.45) is 5.41 Å². The van der Waals surface area contributed by atoms with Gasteiger partial charge in [0.1, 0.15) is 0 Å². The van der Waals surface area contributed by atoms with Crippen LogP contribution in [-0.4, -0.2) is 47.3 Å². The van der Waals surface area contributed by atoms with Crippen molar-refractivity contribution in [2.45, 2.75) is 32.7 Å². The van der Waals surface area contributed by atoms with E-state index in [1.165, 1.54) is 12.8 Å². The van der Waals surface area contributed by atoms with Crippen molar-refractivity contribution in [1.82, 2.24) is 25.7 Å². The van der Waals surface area contributed by atoms with Gasteiger partial charge in [0, 0.05) is 30.7 Å². The van der Waals surface area contributed by atoms with Crippen LogP contribution in [0.2, 0.25) is 0 Å². The van der Waals surface area contributed by atoms with Gasteiger partial charge in [-0.25, -0.2) is 4.79 Å². The van der Waals surface area contributed by atoms with Gasteiger partial charge in [-0.1, -0.05) is 0 Å². The lowest BCUT2D eigenvalue weighted by molar-refractivity contribution is 0.118. The third-order valence-corrected chi connectivity index (χ3v) is 4.46. The van der Waals surface area contributed by atoms with Gasteiger partial charge in [-0.05, 0) is 38.8 Å². The number of aromatic nitrogens is 2. The zero-order valence-corrected chi connectivity index (χ0v) is 12.0. The zero-order chi connectivity index (χ0) is 14.0. The summed E-state index contributed by atoms with van der Waals surface area (Å²) in [6, 6.07) is 2.00. The average molecular weight is 277 g/mol. The van der Waals surface area contributed by atoms with Crippen LogP contribution in [0.1, 0.15) is 30.7 Å². The average Bonchev–Trinajstić information content (AvgIpc) is 3.06. The summed E-state index contributed by atoms with van der Waals surface area (Å²) in [5.74, 6) is 0. The molecule has 0 bridgehead atoms. The van der Waals surface area contributed by atoms with E-state index in [4.69, 9.17) is 0 Å². The van der Waals surface area contributed by atoms with E-state index >= 15 is 0 Å². The number of piperidine rings is 1. The van der Waals surface area contributed by atoms with E-state index in [2.05, 4.69) is 20.8 Å². The Labute approximate surface area is 119 Å². The molecule has 6 heteroatoms. The van der Waals surface area contributed by atoms with E-state index < -0.39 is 0 Å². The Balaban J connectivity index is 1.54. The first kappa shape index (κ1) is 13.4. The van der Waals surface area contributed by atoms with Crippen LogP contribution >= 0.6 is 0 Å². The highest BCUT2D eigenvalue weighted by atomic mass is 16.2. The van der Waals surface area contributed by atoms with Crippen molar-refractivity contribution in [3.8, 4) is 0 Å². The molecular weight excluding hydrogens is 254 g/mol. The highest BCUT2D eigenvalue weighted by Crippen LogP contribution is 2.35. The fourth-order valence-corrected chi connectivity index (χ4v) is 3.37. The molecular formula is C14H23N5O. The summed E-state index contributed by atoms with van der Waals surface area (Å²) in [5, 5.41) is 13.4. The fourth-order valence-electron chi connectivity index (χ4n) is 3.37.